The van der Waals surface area contributed by atoms with E-state index >= 15 is 0 Å². The Morgan fingerprint density at radius 2 is 1.73 bits per heavy atom. The Morgan fingerprint density at radius 1 is 1.05 bits per heavy atom. The van der Waals surface area contributed by atoms with Crippen molar-refractivity contribution in [2.24, 2.45) is 0 Å². The summed E-state index contributed by atoms with van der Waals surface area (Å²) in [6.45, 7) is 0.998. The van der Waals surface area contributed by atoms with Gasteiger partial charge in [0.2, 0.25) is 0 Å². The fraction of sp³-hybridized carbons (Fsp3) is 0.278. The summed E-state index contributed by atoms with van der Waals surface area (Å²) in [6.07, 6.45) is 0.560. The molecule has 1 fully saturated rings. The Bertz CT molecular complexity index is 600. The number of rotatable bonds is 6. The molecule has 0 aliphatic carbocycles. The van der Waals surface area contributed by atoms with Crippen LogP contribution in [0.25, 0.3) is 0 Å². The molecule has 3 nitrogen and oxygen atoms in total. The van der Waals surface area contributed by atoms with Crippen LogP contribution in [0, 0.1) is 0 Å². The van der Waals surface area contributed by atoms with Gasteiger partial charge in [0.1, 0.15) is 11.4 Å². The van der Waals surface area contributed by atoms with E-state index in [1.807, 2.05) is 60.7 Å². The summed E-state index contributed by atoms with van der Waals surface area (Å²) in [6, 6.07) is 19.9. The number of esters is 1. The molecule has 2 aromatic rings. The van der Waals surface area contributed by atoms with Crippen molar-refractivity contribution in [3.8, 4) is 0 Å². The molecule has 0 bridgehead atoms. The van der Waals surface area contributed by atoms with Crippen LogP contribution >= 0.6 is 11.8 Å². The summed E-state index contributed by atoms with van der Waals surface area (Å²) in [4.78, 5) is 13.0. The molecule has 114 valence electrons. The smallest absolute Gasteiger partial charge is 0.319 e. The van der Waals surface area contributed by atoms with Crippen LogP contribution in [-0.4, -0.2) is 23.9 Å². The second-order valence-corrected chi connectivity index (χ2v) is 6.49. The predicted molar refractivity (Wildman–Crippen MR) is 86.7 cm³/mol. The van der Waals surface area contributed by atoms with E-state index in [0.717, 1.165) is 10.5 Å². The highest BCUT2D eigenvalue weighted by Crippen LogP contribution is 2.32. The summed E-state index contributed by atoms with van der Waals surface area (Å²) in [7, 11) is 0. The van der Waals surface area contributed by atoms with Gasteiger partial charge in [-0.3, -0.25) is 4.79 Å². The van der Waals surface area contributed by atoms with Gasteiger partial charge in [-0.25, -0.2) is 0 Å². The minimum absolute atomic E-state index is 0.132. The van der Waals surface area contributed by atoms with E-state index < -0.39 is 0 Å². The monoisotopic (exact) mass is 314 g/mol. The number of ether oxygens (including phenoxy) is 2. The third-order valence-electron chi connectivity index (χ3n) is 3.46. The molecule has 0 spiro atoms. The van der Waals surface area contributed by atoms with Crippen molar-refractivity contribution in [2.75, 3.05) is 6.61 Å². The standard InChI is InChI=1S/C18H18O3S/c19-18-17(22-16-9-5-2-6-10-16)11-15(21-18)13-20-12-14-7-3-1-4-8-14/h1-10,15,17H,11-13H2/t15-,17+/m0/s1. The first-order valence-corrected chi connectivity index (χ1v) is 8.23. The summed E-state index contributed by atoms with van der Waals surface area (Å²) in [5.41, 5.74) is 1.13. The van der Waals surface area contributed by atoms with Gasteiger partial charge in [-0.1, -0.05) is 48.5 Å². The molecule has 1 saturated heterocycles. The SMILES string of the molecule is O=C1O[C@H](COCc2ccccc2)C[C@H]1Sc1ccccc1. The number of benzene rings is 2. The van der Waals surface area contributed by atoms with Gasteiger partial charge < -0.3 is 9.47 Å². The molecule has 4 heteroatoms. The summed E-state index contributed by atoms with van der Waals surface area (Å²) >= 11 is 1.56. The van der Waals surface area contributed by atoms with Gasteiger partial charge in [0, 0.05) is 11.3 Å². The van der Waals surface area contributed by atoms with E-state index in [-0.39, 0.29) is 17.3 Å². The second-order valence-electron chi connectivity index (χ2n) is 5.21. The van der Waals surface area contributed by atoms with E-state index in [1.54, 1.807) is 11.8 Å². The lowest BCUT2D eigenvalue weighted by atomic mass is 10.2. The van der Waals surface area contributed by atoms with E-state index in [1.165, 1.54) is 0 Å². The van der Waals surface area contributed by atoms with Gasteiger partial charge in [-0.2, -0.15) is 0 Å². The maximum atomic E-state index is 11.9. The highest BCUT2D eigenvalue weighted by Gasteiger charge is 2.35. The van der Waals surface area contributed by atoms with Crippen LogP contribution in [0.3, 0.4) is 0 Å². The maximum absolute atomic E-state index is 11.9. The zero-order valence-corrected chi connectivity index (χ0v) is 13.0. The molecular weight excluding hydrogens is 296 g/mol. The summed E-state index contributed by atoms with van der Waals surface area (Å²) < 4.78 is 11.1. The molecular formula is C18H18O3S. The van der Waals surface area contributed by atoms with E-state index in [9.17, 15) is 4.79 Å². The topological polar surface area (TPSA) is 35.5 Å². The van der Waals surface area contributed by atoms with Gasteiger partial charge in [0.15, 0.2) is 0 Å². The molecule has 1 aliphatic heterocycles. The van der Waals surface area contributed by atoms with Crippen LogP contribution in [0.5, 0.6) is 0 Å². The summed E-state index contributed by atoms with van der Waals surface area (Å²) in [5, 5.41) is -0.132. The van der Waals surface area contributed by atoms with Crippen LogP contribution in [0.1, 0.15) is 12.0 Å². The number of cyclic esters (lactones) is 1. The molecule has 0 N–H and O–H groups in total. The first kappa shape index (κ1) is 15.1. The molecule has 0 unspecified atom stereocenters. The number of thioether (sulfide) groups is 1. The lowest BCUT2D eigenvalue weighted by molar-refractivity contribution is -0.143. The fourth-order valence-corrected chi connectivity index (χ4v) is 3.47. The Kier molecular flexibility index (Phi) is 5.14. The van der Waals surface area contributed by atoms with E-state index in [2.05, 4.69) is 0 Å². The minimum Gasteiger partial charge on any atom is -0.459 e. The van der Waals surface area contributed by atoms with Gasteiger partial charge in [0.25, 0.3) is 0 Å². The van der Waals surface area contributed by atoms with Crippen molar-refractivity contribution < 1.29 is 14.3 Å². The Hall–Kier alpha value is -1.78. The average molecular weight is 314 g/mol. The molecule has 0 amide bonds. The summed E-state index contributed by atoms with van der Waals surface area (Å²) in [5.74, 6) is -0.137. The third-order valence-corrected chi connectivity index (χ3v) is 4.67. The number of hydrogen-bond donors (Lipinski definition) is 0. The van der Waals surface area contributed by atoms with Gasteiger partial charge in [0.05, 0.1) is 13.2 Å². The van der Waals surface area contributed by atoms with Crippen molar-refractivity contribution in [2.45, 2.75) is 29.3 Å². The first-order chi connectivity index (χ1) is 10.8. The number of carbonyl (C=O) groups is 1. The second kappa shape index (κ2) is 7.47. The Labute approximate surface area is 134 Å². The van der Waals surface area contributed by atoms with Gasteiger partial charge in [-0.05, 0) is 17.7 Å². The zero-order chi connectivity index (χ0) is 15.2. The third kappa shape index (κ3) is 4.12. The molecule has 0 aromatic heterocycles. The minimum atomic E-state index is -0.141. The van der Waals surface area contributed by atoms with Crippen LogP contribution in [-0.2, 0) is 20.9 Å². The van der Waals surface area contributed by atoms with Crippen molar-refractivity contribution in [1.29, 1.82) is 0 Å². The lowest BCUT2D eigenvalue weighted by Crippen LogP contribution is -2.14. The van der Waals surface area contributed by atoms with E-state index in [0.29, 0.717) is 19.6 Å². The van der Waals surface area contributed by atoms with Gasteiger partial charge in [-0.15, -0.1) is 11.8 Å². The fourth-order valence-electron chi connectivity index (χ4n) is 2.37. The molecule has 2 atom stereocenters. The van der Waals surface area contributed by atoms with Crippen LogP contribution in [0.4, 0.5) is 0 Å². The maximum Gasteiger partial charge on any atom is 0.319 e. The molecule has 2 aromatic carbocycles. The van der Waals surface area contributed by atoms with Crippen molar-refractivity contribution in [3.63, 3.8) is 0 Å². The van der Waals surface area contributed by atoms with Crippen molar-refractivity contribution in [3.05, 3.63) is 66.2 Å². The number of hydrogen-bond acceptors (Lipinski definition) is 4. The van der Waals surface area contributed by atoms with Gasteiger partial charge >= 0.3 is 5.97 Å². The van der Waals surface area contributed by atoms with Crippen molar-refractivity contribution >= 4 is 17.7 Å². The van der Waals surface area contributed by atoms with Crippen LogP contribution in [0.2, 0.25) is 0 Å². The Balaban J connectivity index is 1.45. The predicted octanol–water partition coefficient (Wildman–Crippen LogP) is 3.68. The van der Waals surface area contributed by atoms with Crippen LogP contribution in [0.15, 0.2) is 65.6 Å². The molecule has 1 aliphatic rings. The normalized spacial score (nSPS) is 20.8. The molecule has 3 rings (SSSR count). The quantitative estimate of drug-likeness (QED) is 0.762. The van der Waals surface area contributed by atoms with Crippen LogP contribution < -0.4 is 0 Å². The van der Waals surface area contributed by atoms with Crippen molar-refractivity contribution in [1.82, 2.24) is 0 Å². The number of carbonyl (C=O) groups excluding carboxylic acids is 1. The van der Waals surface area contributed by atoms with E-state index in [4.69, 9.17) is 9.47 Å². The highest BCUT2D eigenvalue weighted by molar-refractivity contribution is 8.00. The zero-order valence-electron chi connectivity index (χ0n) is 12.2. The molecule has 0 saturated carbocycles. The molecule has 0 radical (unpaired) electrons. The highest BCUT2D eigenvalue weighted by atomic mass is 32.2. The molecule has 22 heavy (non-hydrogen) atoms. The largest absolute Gasteiger partial charge is 0.459 e. The first-order valence-electron chi connectivity index (χ1n) is 7.35. The average Bonchev–Trinajstić information content (AvgIpc) is 2.89. The Morgan fingerprint density at radius 3 is 2.45 bits per heavy atom. The molecule has 1 heterocycles. The lowest BCUT2D eigenvalue weighted by Gasteiger charge is -2.09.